The average Bonchev–Trinajstić information content (AvgIpc) is 2.89. The fourth-order valence-corrected chi connectivity index (χ4v) is 5.62. The van der Waals surface area contributed by atoms with Gasteiger partial charge in [-0.2, -0.15) is 0 Å². The molecule has 1 N–H and O–H groups in total. The van der Waals surface area contributed by atoms with Gasteiger partial charge in [0.1, 0.15) is 12.6 Å². The molecule has 8 heteroatoms. The quantitative estimate of drug-likeness (QED) is 0.208. The molecule has 2 amide bonds. The van der Waals surface area contributed by atoms with E-state index in [1.807, 2.05) is 29.0 Å². The lowest BCUT2D eigenvalue weighted by molar-refractivity contribution is -0.132. The van der Waals surface area contributed by atoms with Gasteiger partial charge in [-0.25, -0.2) is 0 Å². The van der Waals surface area contributed by atoms with Crippen LogP contribution in [0, 0.1) is 0 Å². The van der Waals surface area contributed by atoms with Gasteiger partial charge in [-0.15, -0.1) is 11.8 Å². The molecule has 1 aromatic carbocycles. The fraction of sp³-hybridized carbons (Fsp3) is 0.630. The Bertz CT molecular complexity index is 827. The van der Waals surface area contributed by atoms with Crippen LogP contribution in [-0.2, 0) is 20.9 Å². The predicted molar refractivity (Wildman–Crippen MR) is 141 cm³/mol. The van der Waals surface area contributed by atoms with E-state index in [1.54, 1.807) is 24.9 Å². The number of hydrogen-bond acceptors (Lipinski definition) is 6. The summed E-state index contributed by atoms with van der Waals surface area (Å²) in [4.78, 5) is 52.2. The fourth-order valence-electron chi connectivity index (χ4n) is 4.52. The van der Waals surface area contributed by atoms with E-state index >= 15 is 0 Å². The van der Waals surface area contributed by atoms with Crippen LogP contribution in [0.5, 0.6) is 0 Å². The first-order valence-corrected chi connectivity index (χ1v) is 13.8. The second-order valence-electron chi connectivity index (χ2n) is 9.19. The highest BCUT2D eigenvalue weighted by atomic mass is 32.2. The van der Waals surface area contributed by atoms with Gasteiger partial charge in [-0.05, 0) is 63.0 Å². The maximum atomic E-state index is 12.4. The summed E-state index contributed by atoms with van der Waals surface area (Å²) in [6.07, 6.45) is 10.7. The summed E-state index contributed by atoms with van der Waals surface area (Å²) >= 11 is 1.73. The molecule has 1 aliphatic rings. The highest BCUT2D eigenvalue weighted by molar-refractivity contribution is 7.99. The number of nitrogens with zero attached hydrogens (tertiary/aromatic N) is 2. The van der Waals surface area contributed by atoms with Gasteiger partial charge in [0.05, 0.1) is 6.04 Å². The summed E-state index contributed by atoms with van der Waals surface area (Å²) in [6.45, 7) is 2.30. The number of likely N-dealkylation sites (tertiary alicyclic amines) is 1. The third-order valence-corrected chi connectivity index (χ3v) is 7.78. The zero-order chi connectivity index (χ0) is 25.5. The number of unbranched alkanes of at least 4 members (excludes halogenated alkanes) is 3. The molecule has 7 nitrogen and oxygen atoms in total. The molecule has 0 radical (unpaired) electrons. The van der Waals surface area contributed by atoms with E-state index in [-0.39, 0.29) is 5.91 Å². The zero-order valence-electron chi connectivity index (χ0n) is 21.3. The minimum absolute atomic E-state index is 0.133. The van der Waals surface area contributed by atoms with Crippen LogP contribution < -0.4 is 5.32 Å². The Labute approximate surface area is 214 Å². The smallest absolute Gasteiger partial charge is 0.237 e. The van der Waals surface area contributed by atoms with Crippen molar-refractivity contribution in [3.63, 3.8) is 0 Å². The van der Waals surface area contributed by atoms with Crippen molar-refractivity contribution in [1.29, 1.82) is 0 Å². The Kier molecular flexibility index (Phi) is 13.7. The number of nitrogens with one attached hydrogen (secondary N) is 1. The highest BCUT2D eigenvalue weighted by Gasteiger charge is 2.23. The van der Waals surface area contributed by atoms with Crippen LogP contribution in [0.4, 0.5) is 0 Å². The Balaban J connectivity index is 1.84. The average molecular weight is 504 g/mol. The molecular formula is C27H41N3O4S. The second kappa shape index (κ2) is 16.5. The van der Waals surface area contributed by atoms with Crippen LogP contribution in [0.25, 0.3) is 0 Å². The van der Waals surface area contributed by atoms with Crippen LogP contribution in [0.15, 0.2) is 23.1 Å². The summed E-state index contributed by atoms with van der Waals surface area (Å²) in [7, 11) is 3.44. The highest BCUT2D eigenvalue weighted by Crippen LogP contribution is 2.28. The first-order chi connectivity index (χ1) is 17.0. The van der Waals surface area contributed by atoms with E-state index < -0.39 is 6.04 Å². The Morgan fingerprint density at radius 3 is 2.54 bits per heavy atom. The van der Waals surface area contributed by atoms with Crippen molar-refractivity contribution in [3.8, 4) is 0 Å². The summed E-state index contributed by atoms with van der Waals surface area (Å²) in [5, 5.41) is 2.67. The molecule has 194 valence electrons. The number of likely N-dealkylation sites (N-methyl/N-ethyl adjacent to an activating group) is 2. The summed E-state index contributed by atoms with van der Waals surface area (Å²) in [6, 6.07) is 5.29. The molecule has 0 bridgehead atoms. The largest absolute Gasteiger partial charge is 0.358 e. The molecule has 0 spiro atoms. The predicted octanol–water partition coefficient (Wildman–Crippen LogP) is 4.08. The van der Waals surface area contributed by atoms with Gasteiger partial charge < -0.3 is 15.0 Å². The molecular weight excluding hydrogens is 462 g/mol. The van der Waals surface area contributed by atoms with Crippen LogP contribution in [0.2, 0.25) is 0 Å². The molecule has 0 aromatic heterocycles. The number of thioether (sulfide) groups is 1. The van der Waals surface area contributed by atoms with E-state index in [0.29, 0.717) is 37.3 Å². The van der Waals surface area contributed by atoms with E-state index in [2.05, 4.69) is 5.32 Å². The standard InChI is InChI=1S/C27H41N3O4S/c1-28-27(34)24(13-11-18-31)29(2)20-23-22(21-32)12-10-14-25(23)35-19-9-4-3-6-15-26(33)30-16-7-5-8-17-30/h10,12,14,18,21,24H,3-9,11,13,15-17,19-20H2,1-2H3,(H,28,34). The maximum absolute atomic E-state index is 12.4. The van der Waals surface area contributed by atoms with Crippen LogP contribution in [0.1, 0.15) is 80.1 Å². The molecule has 1 heterocycles. The molecule has 35 heavy (non-hydrogen) atoms. The number of hydrogen-bond donors (Lipinski definition) is 1. The van der Waals surface area contributed by atoms with Crippen molar-refractivity contribution in [2.45, 2.75) is 81.7 Å². The second-order valence-corrected chi connectivity index (χ2v) is 10.3. The lowest BCUT2D eigenvalue weighted by Crippen LogP contribution is -2.43. The molecule has 0 saturated carbocycles. The van der Waals surface area contributed by atoms with Crippen molar-refractivity contribution >= 4 is 36.1 Å². The Hall–Kier alpha value is -2.19. The number of amides is 2. The lowest BCUT2D eigenvalue weighted by Gasteiger charge is -2.27. The molecule has 0 aliphatic carbocycles. The van der Waals surface area contributed by atoms with Gasteiger partial charge in [-0.3, -0.25) is 19.3 Å². The van der Waals surface area contributed by atoms with Gasteiger partial charge in [-0.1, -0.05) is 25.0 Å². The number of carbonyl (C=O) groups is 4. The number of benzene rings is 1. The van der Waals surface area contributed by atoms with Gasteiger partial charge >= 0.3 is 0 Å². The Morgan fingerprint density at radius 2 is 1.86 bits per heavy atom. The topological polar surface area (TPSA) is 86.8 Å². The van der Waals surface area contributed by atoms with Gasteiger partial charge in [0.25, 0.3) is 0 Å². The van der Waals surface area contributed by atoms with Gasteiger partial charge in [0.15, 0.2) is 0 Å². The zero-order valence-corrected chi connectivity index (χ0v) is 22.1. The van der Waals surface area contributed by atoms with Crippen molar-refractivity contribution < 1.29 is 19.2 Å². The minimum atomic E-state index is -0.435. The minimum Gasteiger partial charge on any atom is -0.358 e. The normalized spacial score (nSPS) is 14.5. The molecule has 1 saturated heterocycles. The Morgan fingerprint density at radius 1 is 1.11 bits per heavy atom. The molecule has 1 fully saturated rings. The lowest BCUT2D eigenvalue weighted by atomic mass is 10.1. The maximum Gasteiger partial charge on any atom is 0.237 e. The molecule has 1 atom stereocenters. The van der Waals surface area contributed by atoms with Crippen molar-refractivity contribution in [1.82, 2.24) is 15.1 Å². The molecule has 1 aliphatic heterocycles. The van der Waals surface area contributed by atoms with Crippen LogP contribution in [-0.4, -0.2) is 73.2 Å². The molecule has 1 unspecified atom stereocenters. The van der Waals surface area contributed by atoms with E-state index in [4.69, 9.17) is 0 Å². The molecule has 1 aromatic rings. The summed E-state index contributed by atoms with van der Waals surface area (Å²) in [5.74, 6) is 1.11. The van der Waals surface area contributed by atoms with Gasteiger partial charge in [0.2, 0.25) is 11.8 Å². The van der Waals surface area contributed by atoms with Crippen molar-refractivity contribution in [3.05, 3.63) is 29.3 Å². The van der Waals surface area contributed by atoms with E-state index in [9.17, 15) is 19.2 Å². The van der Waals surface area contributed by atoms with Crippen LogP contribution in [0.3, 0.4) is 0 Å². The summed E-state index contributed by atoms with van der Waals surface area (Å²) < 4.78 is 0. The van der Waals surface area contributed by atoms with Crippen molar-refractivity contribution in [2.24, 2.45) is 0 Å². The first-order valence-electron chi connectivity index (χ1n) is 12.8. The molecule has 2 rings (SSSR count). The number of carbonyl (C=O) groups excluding carboxylic acids is 4. The summed E-state index contributed by atoms with van der Waals surface area (Å²) in [5.41, 5.74) is 1.55. The monoisotopic (exact) mass is 503 g/mol. The number of aldehydes is 2. The third-order valence-electron chi connectivity index (χ3n) is 6.59. The van der Waals surface area contributed by atoms with E-state index in [0.717, 1.165) is 80.4 Å². The third kappa shape index (κ3) is 9.76. The first kappa shape index (κ1) is 29.0. The van der Waals surface area contributed by atoms with E-state index in [1.165, 1.54) is 6.42 Å². The van der Waals surface area contributed by atoms with Crippen molar-refractivity contribution in [2.75, 3.05) is 32.9 Å². The number of rotatable bonds is 16. The number of piperidine rings is 1. The van der Waals surface area contributed by atoms with Crippen LogP contribution >= 0.6 is 11.8 Å². The SMILES string of the molecule is CNC(=O)C(CCC=O)N(C)Cc1c(C=O)cccc1SCCCCCCC(=O)N1CCCCC1. The van der Waals surface area contributed by atoms with Gasteiger partial charge in [0, 0.05) is 50.0 Å².